The topological polar surface area (TPSA) is 126 Å². The van der Waals surface area contributed by atoms with E-state index in [0.29, 0.717) is 16.4 Å². The highest BCUT2D eigenvalue weighted by atomic mass is 32.2. The number of nitrogens with zero attached hydrogens (tertiary/aromatic N) is 1. The lowest BCUT2D eigenvalue weighted by Crippen LogP contribution is -2.38. The zero-order valence-electron chi connectivity index (χ0n) is 21.4. The van der Waals surface area contributed by atoms with E-state index in [1.54, 1.807) is 24.3 Å². The summed E-state index contributed by atoms with van der Waals surface area (Å²) in [4.78, 5) is 42.7. The molecule has 2 aliphatic rings. The molecule has 37 heavy (non-hydrogen) atoms. The molecule has 194 valence electrons. The van der Waals surface area contributed by atoms with Crippen LogP contribution in [0.15, 0.2) is 58.7 Å². The van der Waals surface area contributed by atoms with Crippen LogP contribution in [0.1, 0.15) is 50.2 Å². The quantitative estimate of drug-likeness (QED) is 0.440. The van der Waals surface area contributed by atoms with Gasteiger partial charge in [0.1, 0.15) is 10.3 Å². The number of hydrogen-bond acceptors (Lipinski definition) is 6. The van der Waals surface area contributed by atoms with Gasteiger partial charge in [-0.1, -0.05) is 43.2 Å². The Morgan fingerprint density at radius 3 is 2.24 bits per heavy atom. The highest BCUT2D eigenvalue weighted by Gasteiger charge is 2.39. The average molecular weight is 520 g/mol. The van der Waals surface area contributed by atoms with Crippen molar-refractivity contribution in [3.05, 3.63) is 64.9 Å². The molecule has 1 atom stereocenters. The van der Waals surface area contributed by atoms with Crippen LogP contribution in [-0.2, 0) is 14.4 Å². The average Bonchev–Trinajstić information content (AvgIpc) is 3.18. The summed E-state index contributed by atoms with van der Waals surface area (Å²) in [6.07, 6.45) is 5.23. The summed E-state index contributed by atoms with van der Waals surface area (Å²) in [6, 6.07) is 12.9. The van der Waals surface area contributed by atoms with Gasteiger partial charge < -0.3 is 21.7 Å². The molecular weight excluding hydrogens is 486 g/mol. The molecule has 3 amide bonds. The molecule has 1 fully saturated rings. The number of carbonyl (C=O) groups excluding carboxylic acids is 3. The number of aliphatic imine (C=N–C) groups is 1. The Bertz CT molecular complexity index is 1260. The standard InChI is InChI=1S/C28H33N5O3S/c1-16-9-10-17(2)22(15-16)33-28-23(26(35)31-19-7-5-4-6-8-19)24(29)25(37-28)27(36)32-21-13-11-20(12-14-21)30-18(3)34/h9-15,19,25H,4-8,29H2,1-3H3,(H,30,34)(H,31,35)(H,32,36). The molecule has 1 aliphatic heterocycles. The number of benzene rings is 2. The van der Waals surface area contributed by atoms with Crippen molar-refractivity contribution in [2.75, 3.05) is 10.6 Å². The van der Waals surface area contributed by atoms with E-state index < -0.39 is 5.25 Å². The first-order chi connectivity index (χ1) is 17.7. The predicted molar refractivity (Wildman–Crippen MR) is 150 cm³/mol. The lowest BCUT2D eigenvalue weighted by atomic mass is 9.95. The molecule has 0 radical (unpaired) electrons. The summed E-state index contributed by atoms with van der Waals surface area (Å²) in [5, 5.41) is 8.33. The predicted octanol–water partition coefficient (Wildman–Crippen LogP) is 4.71. The van der Waals surface area contributed by atoms with Gasteiger partial charge in [0.25, 0.3) is 5.91 Å². The van der Waals surface area contributed by atoms with Gasteiger partial charge in [-0.2, -0.15) is 0 Å². The summed E-state index contributed by atoms with van der Waals surface area (Å²) in [5.41, 5.74) is 10.9. The van der Waals surface area contributed by atoms with E-state index in [9.17, 15) is 14.4 Å². The number of rotatable bonds is 6. The zero-order chi connectivity index (χ0) is 26.5. The van der Waals surface area contributed by atoms with Crippen LogP contribution >= 0.6 is 11.8 Å². The van der Waals surface area contributed by atoms with Gasteiger partial charge in [0.05, 0.1) is 11.3 Å². The van der Waals surface area contributed by atoms with Crippen molar-refractivity contribution in [3.8, 4) is 0 Å². The summed E-state index contributed by atoms with van der Waals surface area (Å²) in [7, 11) is 0. The summed E-state index contributed by atoms with van der Waals surface area (Å²) in [5.74, 6) is -0.799. The third-order valence-corrected chi connectivity index (χ3v) is 7.70. The SMILES string of the molecule is CC(=O)Nc1ccc(NC(=O)C2SC(=Nc3cc(C)ccc3C)C(C(=O)NC3CCCCC3)=C2N)cc1. The fourth-order valence-electron chi connectivity index (χ4n) is 4.50. The van der Waals surface area contributed by atoms with Crippen LogP contribution in [0.3, 0.4) is 0 Å². The fraction of sp³-hybridized carbons (Fsp3) is 0.357. The molecule has 4 rings (SSSR count). The number of anilines is 2. The minimum Gasteiger partial charge on any atom is -0.400 e. The van der Waals surface area contributed by atoms with E-state index >= 15 is 0 Å². The van der Waals surface area contributed by atoms with Crippen molar-refractivity contribution < 1.29 is 14.4 Å². The minimum atomic E-state index is -0.800. The Morgan fingerprint density at radius 2 is 1.59 bits per heavy atom. The van der Waals surface area contributed by atoms with Crippen LogP contribution in [0.25, 0.3) is 0 Å². The van der Waals surface area contributed by atoms with Gasteiger partial charge in [0.15, 0.2) is 0 Å². The number of carbonyl (C=O) groups is 3. The summed E-state index contributed by atoms with van der Waals surface area (Å²) < 4.78 is 0. The van der Waals surface area contributed by atoms with E-state index in [4.69, 9.17) is 10.7 Å². The lowest BCUT2D eigenvalue weighted by molar-refractivity contribution is -0.118. The Kier molecular flexibility index (Phi) is 8.33. The largest absolute Gasteiger partial charge is 0.400 e. The Morgan fingerprint density at radius 1 is 0.946 bits per heavy atom. The van der Waals surface area contributed by atoms with Gasteiger partial charge in [0.2, 0.25) is 11.8 Å². The lowest BCUT2D eigenvalue weighted by Gasteiger charge is -2.23. The van der Waals surface area contributed by atoms with Crippen LogP contribution < -0.4 is 21.7 Å². The molecular formula is C28H33N5O3S. The number of aryl methyl sites for hydroxylation is 2. The Balaban J connectivity index is 1.60. The van der Waals surface area contributed by atoms with Gasteiger partial charge in [-0.05, 0) is 68.1 Å². The van der Waals surface area contributed by atoms with Gasteiger partial charge in [-0.3, -0.25) is 14.4 Å². The van der Waals surface area contributed by atoms with E-state index in [-0.39, 0.29) is 35.0 Å². The second-order valence-corrected chi connectivity index (χ2v) is 10.7. The molecule has 2 aromatic carbocycles. The van der Waals surface area contributed by atoms with Crippen LogP contribution in [0.4, 0.5) is 17.1 Å². The molecule has 0 spiro atoms. The van der Waals surface area contributed by atoms with Crippen molar-refractivity contribution in [2.24, 2.45) is 10.7 Å². The molecule has 2 aromatic rings. The van der Waals surface area contributed by atoms with Crippen molar-refractivity contribution in [2.45, 2.75) is 64.2 Å². The second kappa shape index (κ2) is 11.6. The first kappa shape index (κ1) is 26.5. The molecule has 9 heteroatoms. The Hall–Kier alpha value is -3.59. The number of nitrogens with one attached hydrogen (secondary N) is 3. The molecule has 0 bridgehead atoms. The van der Waals surface area contributed by atoms with Gasteiger partial charge in [-0.25, -0.2) is 4.99 Å². The van der Waals surface area contributed by atoms with E-state index in [1.807, 2.05) is 32.0 Å². The number of amides is 3. The van der Waals surface area contributed by atoms with E-state index in [0.717, 1.165) is 42.5 Å². The van der Waals surface area contributed by atoms with Crippen LogP contribution in [0.2, 0.25) is 0 Å². The molecule has 1 saturated carbocycles. The molecule has 8 nitrogen and oxygen atoms in total. The molecule has 0 saturated heterocycles. The molecule has 1 heterocycles. The molecule has 1 aliphatic carbocycles. The highest BCUT2D eigenvalue weighted by molar-refractivity contribution is 8.16. The molecule has 5 N–H and O–H groups in total. The Labute approximate surface area is 221 Å². The third kappa shape index (κ3) is 6.60. The smallest absolute Gasteiger partial charge is 0.256 e. The van der Waals surface area contributed by atoms with Crippen molar-refractivity contribution in [1.29, 1.82) is 0 Å². The maximum Gasteiger partial charge on any atom is 0.256 e. The number of thioether (sulfide) groups is 1. The second-order valence-electron chi connectivity index (χ2n) is 9.59. The van der Waals surface area contributed by atoms with E-state index in [2.05, 4.69) is 16.0 Å². The van der Waals surface area contributed by atoms with Crippen molar-refractivity contribution >= 4 is 51.6 Å². The van der Waals surface area contributed by atoms with Gasteiger partial charge in [-0.15, -0.1) is 0 Å². The highest BCUT2D eigenvalue weighted by Crippen LogP contribution is 2.36. The first-order valence-electron chi connectivity index (χ1n) is 12.5. The zero-order valence-corrected chi connectivity index (χ0v) is 22.2. The van der Waals surface area contributed by atoms with Crippen molar-refractivity contribution in [3.63, 3.8) is 0 Å². The third-order valence-electron chi connectivity index (χ3n) is 6.48. The van der Waals surface area contributed by atoms with Crippen LogP contribution in [0, 0.1) is 13.8 Å². The maximum absolute atomic E-state index is 13.4. The fourth-order valence-corrected chi connectivity index (χ4v) is 5.61. The number of nitrogens with two attached hydrogens (primary N) is 1. The van der Waals surface area contributed by atoms with Gasteiger partial charge >= 0.3 is 0 Å². The van der Waals surface area contributed by atoms with Crippen LogP contribution in [0.5, 0.6) is 0 Å². The summed E-state index contributed by atoms with van der Waals surface area (Å²) in [6.45, 7) is 5.38. The maximum atomic E-state index is 13.4. The van der Waals surface area contributed by atoms with Gasteiger partial charge in [0, 0.05) is 30.0 Å². The monoisotopic (exact) mass is 519 g/mol. The normalized spacial score (nSPS) is 19.1. The molecule has 1 unspecified atom stereocenters. The van der Waals surface area contributed by atoms with E-state index in [1.165, 1.54) is 25.1 Å². The molecule has 0 aromatic heterocycles. The van der Waals surface area contributed by atoms with Crippen molar-refractivity contribution in [1.82, 2.24) is 5.32 Å². The minimum absolute atomic E-state index is 0.100. The summed E-state index contributed by atoms with van der Waals surface area (Å²) >= 11 is 1.19. The number of hydrogen-bond donors (Lipinski definition) is 4. The van der Waals surface area contributed by atoms with Crippen LogP contribution in [-0.4, -0.2) is 34.1 Å². The first-order valence-corrected chi connectivity index (χ1v) is 13.4.